The number of urea groups is 1. The van der Waals surface area contributed by atoms with Gasteiger partial charge in [0.05, 0.1) is 31.0 Å². The predicted octanol–water partition coefficient (Wildman–Crippen LogP) is 4.04. The lowest BCUT2D eigenvalue weighted by Crippen LogP contribution is -2.42. The highest BCUT2D eigenvalue weighted by Gasteiger charge is 2.33. The molecule has 0 unspecified atom stereocenters. The van der Waals surface area contributed by atoms with Crippen LogP contribution in [0.4, 0.5) is 10.5 Å². The number of rotatable bonds is 4. The molecule has 4 rings (SSSR count). The summed E-state index contributed by atoms with van der Waals surface area (Å²) in [6, 6.07) is 3.04. The first kappa shape index (κ1) is 19.8. The third-order valence-electron chi connectivity index (χ3n) is 5.67. The van der Waals surface area contributed by atoms with Crippen LogP contribution in [0.25, 0.3) is 0 Å². The number of ether oxygens (including phenoxy) is 2. The molecule has 1 aromatic heterocycles. The van der Waals surface area contributed by atoms with Crippen molar-refractivity contribution in [3.05, 3.63) is 28.8 Å². The Hall–Kier alpha value is -2.48. The molecule has 2 aliphatic rings. The number of carbonyl (C=O) groups is 1. The quantitative estimate of drug-likeness (QED) is 0.808. The van der Waals surface area contributed by atoms with Crippen LogP contribution in [0.3, 0.4) is 0 Å². The van der Waals surface area contributed by atoms with Crippen molar-refractivity contribution in [2.24, 2.45) is 0 Å². The van der Waals surface area contributed by atoms with Crippen LogP contribution < -0.4 is 14.8 Å². The van der Waals surface area contributed by atoms with E-state index in [1.54, 1.807) is 19.2 Å². The summed E-state index contributed by atoms with van der Waals surface area (Å²) in [5.41, 5.74) is 0.510. The lowest BCUT2D eigenvalue weighted by atomic mass is 10.0. The summed E-state index contributed by atoms with van der Waals surface area (Å²) in [7, 11) is 3.08. The van der Waals surface area contributed by atoms with Crippen LogP contribution in [0.1, 0.15) is 49.8 Å². The standard InChI is InChI=1S/C20H26ClN5O3/c1-28-16-12-17(29-2)14(11-13(16)21)22-20(27)25-9-5-3-7-15(25)19-24-23-18-8-4-6-10-26(18)19/h11-12,15H,3-10H2,1-2H3,(H,22,27)/t15-/m1/s1. The number of fused-ring (bicyclic) bond motifs is 1. The van der Waals surface area contributed by atoms with Crippen LogP contribution >= 0.6 is 11.6 Å². The molecule has 9 heteroatoms. The number of anilines is 1. The Morgan fingerprint density at radius 1 is 1.10 bits per heavy atom. The number of carbonyl (C=O) groups excluding carboxylic acids is 1. The molecule has 29 heavy (non-hydrogen) atoms. The van der Waals surface area contributed by atoms with Crippen molar-refractivity contribution in [2.75, 3.05) is 26.1 Å². The van der Waals surface area contributed by atoms with Gasteiger partial charge in [-0.1, -0.05) is 11.6 Å². The zero-order chi connectivity index (χ0) is 20.4. The maximum atomic E-state index is 13.2. The van der Waals surface area contributed by atoms with E-state index in [2.05, 4.69) is 20.1 Å². The van der Waals surface area contributed by atoms with Crippen molar-refractivity contribution in [3.63, 3.8) is 0 Å². The third-order valence-corrected chi connectivity index (χ3v) is 5.96. The second-order valence-corrected chi connectivity index (χ2v) is 7.81. The van der Waals surface area contributed by atoms with Gasteiger partial charge in [0.25, 0.3) is 0 Å². The summed E-state index contributed by atoms with van der Waals surface area (Å²) in [6.45, 7) is 1.59. The largest absolute Gasteiger partial charge is 0.495 e. The monoisotopic (exact) mass is 419 g/mol. The van der Waals surface area contributed by atoms with Crippen LogP contribution in [-0.4, -0.2) is 46.5 Å². The molecule has 2 amide bonds. The Morgan fingerprint density at radius 3 is 2.69 bits per heavy atom. The SMILES string of the molecule is COc1cc(OC)c(NC(=O)N2CCCC[C@@H]2c2nnc3n2CCCC3)cc1Cl. The maximum Gasteiger partial charge on any atom is 0.322 e. The molecule has 2 aromatic rings. The number of piperidine rings is 1. The number of aryl methyl sites for hydroxylation is 1. The summed E-state index contributed by atoms with van der Waals surface area (Å²) in [4.78, 5) is 15.1. The molecule has 1 fully saturated rings. The predicted molar refractivity (Wildman–Crippen MR) is 110 cm³/mol. The molecular weight excluding hydrogens is 394 g/mol. The molecule has 3 heterocycles. The number of hydrogen-bond donors (Lipinski definition) is 1. The fourth-order valence-corrected chi connectivity index (χ4v) is 4.41. The van der Waals surface area contributed by atoms with Crippen LogP contribution in [0.5, 0.6) is 11.5 Å². The Balaban J connectivity index is 1.59. The molecule has 1 atom stereocenters. The van der Waals surface area contributed by atoms with Crippen LogP contribution in [0.15, 0.2) is 12.1 Å². The smallest absolute Gasteiger partial charge is 0.322 e. The molecule has 0 spiro atoms. The zero-order valence-electron chi connectivity index (χ0n) is 16.8. The second kappa shape index (κ2) is 8.49. The van der Waals surface area contributed by atoms with Crippen molar-refractivity contribution < 1.29 is 14.3 Å². The Kier molecular flexibility index (Phi) is 5.80. The van der Waals surface area contributed by atoms with Gasteiger partial charge in [-0.25, -0.2) is 4.79 Å². The number of nitrogens with zero attached hydrogens (tertiary/aromatic N) is 4. The highest BCUT2D eigenvalue weighted by atomic mass is 35.5. The van der Waals surface area contributed by atoms with Crippen molar-refractivity contribution >= 4 is 23.3 Å². The van der Waals surface area contributed by atoms with Gasteiger partial charge in [0.15, 0.2) is 5.82 Å². The number of methoxy groups -OCH3 is 2. The van der Waals surface area contributed by atoms with E-state index in [0.717, 1.165) is 56.7 Å². The van der Waals surface area contributed by atoms with E-state index in [1.807, 2.05) is 4.90 Å². The number of likely N-dealkylation sites (tertiary alicyclic amines) is 1. The average Bonchev–Trinajstić information content (AvgIpc) is 3.18. The van der Waals surface area contributed by atoms with Crippen molar-refractivity contribution in [3.8, 4) is 11.5 Å². The molecular formula is C20H26ClN5O3. The van der Waals surface area contributed by atoms with Gasteiger partial charge >= 0.3 is 6.03 Å². The van der Waals surface area contributed by atoms with Gasteiger partial charge in [0.2, 0.25) is 0 Å². The summed E-state index contributed by atoms with van der Waals surface area (Å²) in [5.74, 6) is 2.91. The van der Waals surface area contributed by atoms with Gasteiger partial charge in [-0.3, -0.25) is 0 Å². The Bertz CT molecular complexity index is 900. The average molecular weight is 420 g/mol. The second-order valence-electron chi connectivity index (χ2n) is 7.41. The van der Waals surface area contributed by atoms with Gasteiger partial charge in [0.1, 0.15) is 17.3 Å². The van der Waals surface area contributed by atoms with E-state index in [-0.39, 0.29) is 12.1 Å². The van der Waals surface area contributed by atoms with E-state index in [1.165, 1.54) is 7.11 Å². The van der Waals surface area contributed by atoms with Crippen molar-refractivity contribution in [1.29, 1.82) is 0 Å². The summed E-state index contributed by atoms with van der Waals surface area (Å²) >= 11 is 6.25. The van der Waals surface area contributed by atoms with Crippen LogP contribution in [0, 0.1) is 0 Å². The number of aromatic nitrogens is 3. The minimum atomic E-state index is -0.192. The van der Waals surface area contributed by atoms with Gasteiger partial charge in [-0.05, 0) is 38.2 Å². The van der Waals surface area contributed by atoms with Crippen molar-refractivity contribution in [2.45, 2.75) is 51.1 Å². The molecule has 8 nitrogen and oxygen atoms in total. The molecule has 156 valence electrons. The number of nitrogens with one attached hydrogen (secondary N) is 1. The Morgan fingerprint density at radius 2 is 1.90 bits per heavy atom. The molecule has 1 N–H and O–H groups in total. The van der Waals surface area contributed by atoms with Gasteiger partial charge < -0.3 is 24.3 Å². The third kappa shape index (κ3) is 3.85. The number of amides is 2. The molecule has 0 bridgehead atoms. The van der Waals surface area contributed by atoms with E-state index in [0.29, 0.717) is 28.8 Å². The van der Waals surface area contributed by atoms with Crippen molar-refractivity contribution in [1.82, 2.24) is 19.7 Å². The van der Waals surface area contributed by atoms with E-state index >= 15 is 0 Å². The molecule has 1 saturated heterocycles. The minimum Gasteiger partial charge on any atom is -0.495 e. The fourth-order valence-electron chi connectivity index (χ4n) is 4.17. The molecule has 0 radical (unpaired) electrons. The first-order valence-corrected chi connectivity index (χ1v) is 10.4. The number of halogens is 1. The summed E-state index contributed by atoms with van der Waals surface area (Å²) < 4.78 is 12.8. The van der Waals surface area contributed by atoms with Crippen LogP contribution in [-0.2, 0) is 13.0 Å². The van der Waals surface area contributed by atoms with Gasteiger partial charge in [-0.15, -0.1) is 10.2 Å². The van der Waals surface area contributed by atoms with E-state index < -0.39 is 0 Å². The van der Waals surface area contributed by atoms with E-state index in [9.17, 15) is 4.79 Å². The summed E-state index contributed by atoms with van der Waals surface area (Å²) in [6.07, 6.45) is 6.13. The molecule has 0 aliphatic carbocycles. The minimum absolute atomic E-state index is 0.0807. The zero-order valence-corrected chi connectivity index (χ0v) is 17.5. The Labute approximate surface area is 175 Å². The fraction of sp³-hybridized carbons (Fsp3) is 0.550. The number of benzene rings is 1. The topological polar surface area (TPSA) is 81.5 Å². The number of hydrogen-bond acceptors (Lipinski definition) is 5. The molecule has 1 aromatic carbocycles. The highest BCUT2D eigenvalue weighted by Crippen LogP contribution is 2.37. The lowest BCUT2D eigenvalue weighted by molar-refractivity contribution is 0.156. The maximum absolute atomic E-state index is 13.2. The van der Waals surface area contributed by atoms with Gasteiger partial charge in [-0.2, -0.15) is 0 Å². The first-order chi connectivity index (χ1) is 14.1. The highest BCUT2D eigenvalue weighted by molar-refractivity contribution is 6.32. The normalized spacial score (nSPS) is 18.9. The van der Waals surface area contributed by atoms with Gasteiger partial charge in [0, 0.05) is 25.6 Å². The first-order valence-electron chi connectivity index (χ1n) is 10.0. The summed E-state index contributed by atoms with van der Waals surface area (Å²) in [5, 5.41) is 12.2. The van der Waals surface area contributed by atoms with Crippen LogP contribution in [0.2, 0.25) is 5.02 Å². The van der Waals surface area contributed by atoms with E-state index in [4.69, 9.17) is 21.1 Å². The molecule has 2 aliphatic heterocycles. The lowest BCUT2D eigenvalue weighted by Gasteiger charge is -2.35. The molecule has 0 saturated carbocycles.